The number of hydrogen-bond donors (Lipinski definition) is 3. The van der Waals surface area contributed by atoms with E-state index in [1.165, 1.54) is 10.5 Å². The third-order valence-electron chi connectivity index (χ3n) is 4.77. The molecule has 1 aliphatic heterocycles. The van der Waals surface area contributed by atoms with Gasteiger partial charge in [-0.1, -0.05) is 23.7 Å². The molecule has 25 heavy (non-hydrogen) atoms. The molecule has 0 unspecified atom stereocenters. The van der Waals surface area contributed by atoms with Crippen molar-refractivity contribution < 1.29 is 19.0 Å². The fourth-order valence-electron chi connectivity index (χ4n) is 3.37. The zero-order chi connectivity index (χ0) is 17.6. The lowest BCUT2D eigenvalue weighted by molar-refractivity contribution is -1.02. The van der Waals surface area contributed by atoms with E-state index in [4.69, 9.17) is 16.0 Å². The molecule has 1 amide bonds. The average Bonchev–Trinajstić information content (AvgIpc) is 3.11. The van der Waals surface area contributed by atoms with Crippen molar-refractivity contribution in [3.05, 3.63) is 59.0 Å². The van der Waals surface area contributed by atoms with Crippen LogP contribution in [0.2, 0.25) is 5.02 Å². The summed E-state index contributed by atoms with van der Waals surface area (Å²) >= 11 is 6.06. The Morgan fingerprint density at radius 1 is 1.20 bits per heavy atom. The van der Waals surface area contributed by atoms with Gasteiger partial charge < -0.3 is 19.5 Å². The normalized spacial score (nSPS) is 21.7. The standard InChI is InChI=1S/C19H24ClN3O2/c1-15(18-6-3-11-25-18)21-19(24)14-23-9-7-22(8-10-23)13-16-4-2-5-17(20)12-16/h2-6,11-12,15H,7-10,13-14H2,1H3,(H,21,24)/p+2/t15-/m1/s1. The summed E-state index contributed by atoms with van der Waals surface area (Å²) in [6.45, 7) is 7.63. The second kappa shape index (κ2) is 8.52. The summed E-state index contributed by atoms with van der Waals surface area (Å²) in [5.74, 6) is 0.872. The van der Waals surface area contributed by atoms with Crippen LogP contribution >= 0.6 is 11.6 Å². The van der Waals surface area contributed by atoms with Gasteiger partial charge >= 0.3 is 0 Å². The highest BCUT2D eigenvalue weighted by Gasteiger charge is 2.25. The number of halogens is 1. The van der Waals surface area contributed by atoms with Crippen LogP contribution in [0, 0.1) is 0 Å². The molecule has 2 aromatic rings. The van der Waals surface area contributed by atoms with E-state index in [0.717, 1.165) is 43.5 Å². The minimum atomic E-state index is -0.0864. The number of carbonyl (C=O) groups is 1. The van der Waals surface area contributed by atoms with Gasteiger partial charge in [-0.3, -0.25) is 4.79 Å². The number of quaternary nitrogens is 2. The third kappa shape index (κ3) is 5.33. The first-order valence-electron chi connectivity index (χ1n) is 8.84. The zero-order valence-electron chi connectivity index (χ0n) is 14.6. The zero-order valence-corrected chi connectivity index (χ0v) is 15.3. The van der Waals surface area contributed by atoms with Gasteiger partial charge in [0.2, 0.25) is 0 Å². The predicted octanol–water partition coefficient (Wildman–Crippen LogP) is 0.0938. The second-order valence-corrected chi connectivity index (χ2v) is 7.22. The second-order valence-electron chi connectivity index (χ2n) is 6.79. The van der Waals surface area contributed by atoms with E-state index in [9.17, 15) is 4.79 Å². The predicted molar refractivity (Wildman–Crippen MR) is 96.7 cm³/mol. The minimum absolute atomic E-state index is 0.0807. The average molecular weight is 364 g/mol. The van der Waals surface area contributed by atoms with Crippen molar-refractivity contribution in [3.63, 3.8) is 0 Å². The Bertz CT molecular complexity index is 682. The number of amides is 1. The summed E-state index contributed by atoms with van der Waals surface area (Å²) in [5, 5.41) is 3.81. The maximum absolute atomic E-state index is 12.2. The molecule has 0 spiro atoms. The molecule has 2 heterocycles. The Labute approximate surface area is 153 Å². The van der Waals surface area contributed by atoms with Crippen molar-refractivity contribution in [2.24, 2.45) is 0 Å². The largest absolute Gasteiger partial charge is 0.467 e. The first-order chi connectivity index (χ1) is 12.1. The van der Waals surface area contributed by atoms with Crippen LogP contribution in [0.25, 0.3) is 0 Å². The number of carbonyl (C=O) groups excluding carboxylic acids is 1. The summed E-state index contributed by atoms with van der Waals surface area (Å²) in [7, 11) is 0. The molecule has 3 rings (SSSR count). The van der Waals surface area contributed by atoms with Gasteiger partial charge in [0.15, 0.2) is 6.54 Å². The molecule has 0 aliphatic carbocycles. The van der Waals surface area contributed by atoms with E-state index in [2.05, 4.69) is 11.4 Å². The van der Waals surface area contributed by atoms with E-state index >= 15 is 0 Å². The Kier molecular flexibility index (Phi) is 6.13. The molecule has 134 valence electrons. The lowest BCUT2D eigenvalue weighted by Gasteiger charge is -2.29. The van der Waals surface area contributed by atoms with Crippen LogP contribution in [-0.2, 0) is 11.3 Å². The molecule has 1 aliphatic rings. The molecular weight excluding hydrogens is 338 g/mol. The molecule has 1 saturated heterocycles. The third-order valence-corrected chi connectivity index (χ3v) is 5.00. The molecule has 1 aromatic heterocycles. The molecule has 1 fully saturated rings. The molecular formula is C19H26ClN3O2+2. The summed E-state index contributed by atoms with van der Waals surface area (Å²) < 4.78 is 5.33. The van der Waals surface area contributed by atoms with Crippen LogP contribution in [0.3, 0.4) is 0 Å². The van der Waals surface area contributed by atoms with Gasteiger partial charge in [0.05, 0.1) is 12.3 Å². The summed E-state index contributed by atoms with van der Waals surface area (Å²) in [4.78, 5) is 15.1. The van der Waals surface area contributed by atoms with Gasteiger partial charge in [-0.25, -0.2) is 0 Å². The Balaban J connectivity index is 1.41. The highest BCUT2D eigenvalue weighted by molar-refractivity contribution is 6.30. The molecule has 6 heteroatoms. The quantitative estimate of drug-likeness (QED) is 0.681. The Morgan fingerprint density at radius 3 is 2.64 bits per heavy atom. The van der Waals surface area contributed by atoms with E-state index in [1.54, 1.807) is 11.2 Å². The molecule has 1 aromatic carbocycles. The van der Waals surface area contributed by atoms with Crippen LogP contribution in [0.5, 0.6) is 0 Å². The van der Waals surface area contributed by atoms with Crippen LogP contribution < -0.4 is 15.1 Å². The first-order valence-corrected chi connectivity index (χ1v) is 9.22. The van der Waals surface area contributed by atoms with Gasteiger partial charge in [-0.15, -0.1) is 0 Å². The molecule has 3 N–H and O–H groups in total. The summed E-state index contributed by atoms with van der Waals surface area (Å²) in [5.41, 5.74) is 1.27. The number of benzene rings is 1. The summed E-state index contributed by atoms with van der Waals surface area (Å²) in [6, 6.07) is 11.7. The highest BCUT2D eigenvalue weighted by atomic mass is 35.5. The lowest BCUT2D eigenvalue weighted by Crippen LogP contribution is -3.28. The first kappa shape index (κ1) is 18.0. The van der Waals surface area contributed by atoms with Crippen LogP contribution in [0.1, 0.15) is 24.3 Å². The fraction of sp³-hybridized carbons (Fsp3) is 0.421. The van der Waals surface area contributed by atoms with Crippen LogP contribution in [0.4, 0.5) is 0 Å². The number of nitrogens with one attached hydrogen (secondary N) is 3. The van der Waals surface area contributed by atoms with Crippen molar-refractivity contribution in [2.45, 2.75) is 19.5 Å². The van der Waals surface area contributed by atoms with Gasteiger partial charge in [-0.2, -0.15) is 0 Å². The highest BCUT2D eigenvalue weighted by Crippen LogP contribution is 2.11. The van der Waals surface area contributed by atoms with Crippen molar-refractivity contribution in [2.75, 3.05) is 32.7 Å². The SMILES string of the molecule is C[C@@H](NC(=O)C[NH+]1CC[NH+](Cc2cccc(Cl)c2)CC1)c1ccco1. The van der Waals surface area contributed by atoms with E-state index in [0.29, 0.717) is 6.54 Å². The number of furan rings is 1. The fourth-order valence-corrected chi connectivity index (χ4v) is 3.59. The monoisotopic (exact) mass is 363 g/mol. The smallest absolute Gasteiger partial charge is 0.275 e. The summed E-state index contributed by atoms with van der Waals surface area (Å²) in [6.07, 6.45) is 1.63. The Morgan fingerprint density at radius 2 is 1.96 bits per heavy atom. The minimum Gasteiger partial charge on any atom is -0.467 e. The number of hydrogen-bond acceptors (Lipinski definition) is 2. The van der Waals surface area contributed by atoms with Gasteiger partial charge in [0.25, 0.3) is 5.91 Å². The lowest BCUT2D eigenvalue weighted by atomic mass is 10.2. The van der Waals surface area contributed by atoms with Gasteiger partial charge in [0.1, 0.15) is 38.5 Å². The van der Waals surface area contributed by atoms with Crippen LogP contribution in [0.15, 0.2) is 47.1 Å². The van der Waals surface area contributed by atoms with E-state index < -0.39 is 0 Å². The Hall–Kier alpha value is -1.82. The topological polar surface area (TPSA) is 51.1 Å². The van der Waals surface area contributed by atoms with Crippen molar-refractivity contribution in [1.29, 1.82) is 0 Å². The molecule has 0 radical (unpaired) electrons. The maximum atomic E-state index is 12.2. The van der Waals surface area contributed by atoms with Gasteiger partial charge in [0, 0.05) is 10.6 Å². The molecule has 1 atom stereocenters. The van der Waals surface area contributed by atoms with Crippen molar-refractivity contribution >= 4 is 17.5 Å². The van der Waals surface area contributed by atoms with Crippen LogP contribution in [-0.4, -0.2) is 38.6 Å². The number of rotatable bonds is 6. The molecule has 5 nitrogen and oxygen atoms in total. The molecule has 0 bridgehead atoms. The number of piperazine rings is 1. The van der Waals surface area contributed by atoms with Crippen molar-refractivity contribution in [3.8, 4) is 0 Å². The van der Waals surface area contributed by atoms with E-state index in [1.807, 2.05) is 37.3 Å². The van der Waals surface area contributed by atoms with Gasteiger partial charge in [-0.05, 0) is 31.2 Å². The maximum Gasteiger partial charge on any atom is 0.275 e. The molecule has 0 saturated carbocycles. The van der Waals surface area contributed by atoms with E-state index in [-0.39, 0.29) is 11.9 Å². The van der Waals surface area contributed by atoms with Crippen molar-refractivity contribution in [1.82, 2.24) is 5.32 Å².